The maximum absolute atomic E-state index is 11.6. The van der Waals surface area contributed by atoms with Crippen molar-refractivity contribution in [1.82, 2.24) is 9.55 Å². The third-order valence-electron chi connectivity index (χ3n) is 5.05. The molecule has 0 saturated carbocycles. The van der Waals surface area contributed by atoms with E-state index < -0.39 is 0 Å². The van der Waals surface area contributed by atoms with Crippen molar-refractivity contribution in [1.29, 1.82) is 0 Å². The summed E-state index contributed by atoms with van der Waals surface area (Å²) in [5.41, 5.74) is 2.17. The van der Waals surface area contributed by atoms with Crippen molar-refractivity contribution in [2.75, 3.05) is 6.61 Å². The molecule has 0 radical (unpaired) electrons. The second-order valence-corrected chi connectivity index (χ2v) is 7.15. The van der Waals surface area contributed by atoms with Crippen molar-refractivity contribution in [3.05, 3.63) is 51.9 Å². The lowest BCUT2D eigenvalue weighted by Gasteiger charge is -2.23. The predicted octanol–water partition coefficient (Wildman–Crippen LogP) is 3.33. The summed E-state index contributed by atoms with van der Waals surface area (Å²) in [7, 11) is 0. The number of hydrogen-bond donors (Lipinski definition) is 0. The van der Waals surface area contributed by atoms with E-state index >= 15 is 0 Å². The zero-order valence-electron chi connectivity index (χ0n) is 15.4. The van der Waals surface area contributed by atoms with Crippen LogP contribution in [-0.2, 0) is 18.4 Å². The molecule has 1 aromatic heterocycles. The van der Waals surface area contributed by atoms with Gasteiger partial charge in [0.05, 0.1) is 6.54 Å². The van der Waals surface area contributed by atoms with Crippen LogP contribution in [0.25, 0.3) is 0 Å². The second-order valence-electron chi connectivity index (χ2n) is 7.15. The summed E-state index contributed by atoms with van der Waals surface area (Å²) < 4.78 is 13.6. The van der Waals surface area contributed by atoms with Crippen LogP contribution in [0.3, 0.4) is 0 Å². The fourth-order valence-corrected chi connectivity index (χ4v) is 2.98. The van der Waals surface area contributed by atoms with Gasteiger partial charge in [-0.3, -0.25) is 9.36 Å². The average molecular weight is 342 g/mol. The first-order valence-electron chi connectivity index (χ1n) is 8.93. The molecule has 25 heavy (non-hydrogen) atoms. The van der Waals surface area contributed by atoms with Gasteiger partial charge in [-0.2, -0.15) is 4.98 Å². The third-order valence-corrected chi connectivity index (χ3v) is 5.05. The lowest BCUT2D eigenvalue weighted by molar-refractivity contribution is 0.143. The number of ether oxygens (including phenoxy) is 2. The lowest BCUT2D eigenvalue weighted by Crippen LogP contribution is -2.23. The van der Waals surface area contributed by atoms with E-state index in [4.69, 9.17) is 9.47 Å². The number of aryl methyl sites for hydroxylation is 1. The van der Waals surface area contributed by atoms with Crippen LogP contribution in [0, 0.1) is 0 Å². The normalized spacial score (nSPS) is 16.4. The highest BCUT2D eigenvalue weighted by Crippen LogP contribution is 2.28. The summed E-state index contributed by atoms with van der Waals surface area (Å²) in [5, 5.41) is 0. The maximum atomic E-state index is 11.6. The molecule has 0 N–H and O–H groups in total. The van der Waals surface area contributed by atoms with E-state index in [1.807, 2.05) is 23.6 Å². The molecule has 0 amide bonds. The van der Waals surface area contributed by atoms with Gasteiger partial charge in [0, 0.05) is 11.8 Å². The van der Waals surface area contributed by atoms with E-state index in [9.17, 15) is 4.79 Å². The highest BCUT2D eigenvalue weighted by molar-refractivity contribution is 5.31. The molecule has 0 bridgehead atoms. The molecular weight excluding hydrogens is 316 g/mol. The molecule has 1 aromatic carbocycles. The average Bonchev–Trinajstić information content (AvgIpc) is 3.02. The van der Waals surface area contributed by atoms with Gasteiger partial charge in [-0.1, -0.05) is 39.8 Å². The molecule has 1 unspecified atom stereocenters. The van der Waals surface area contributed by atoms with E-state index in [0.29, 0.717) is 19.2 Å². The first-order chi connectivity index (χ1) is 11.9. The summed E-state index contributed by atoms with van der Waals surface area (Å²) in [4.78, 5) is 15.5. The Hall–Kier alpha value is -2.30. The number of aromatic nitrogens is 2. The Morgan fingerprint density at radius 2 is 2.00 bits per heavy atom. The summed E-state index contributed by atoms with van der Waals surface area (Å²) in [6.07, 6.45) is 1.73. The van der Waals surface area contributed by atoms with Crippen LogP contribution in [0.4, 0.5) is 0 Å². The van der Waals surface area contributed by atoms with E-state index in [2.05, 4.69) is 37.9 Å². The molecule has 134 valence electrons. The van der Waals surface area contributed by atoms with Gasteiger partial charge in [-0.15, -0.1) is 0 Å². The first-order valence-corrected chi connectivity index (χ1v) is 8.93. The zero-order valence-corrected chi connectivity index (χ0v) is 15.4. The Morgan fingerprint density at radius 1 is 1.28 bits per heavy atom. The summed E-state index contributed by atoms with van der Waals surface area (Å²) >= 11 is 0. The molecule has 2 aromatic rings. The summed E-state index contributed by atoms with van der Waals surface area (Å²) in [6, 6.07) is 10.2. The van der Waals surface area contributed by atoms with Crippen LogP contribution >= 0.6 is 0 Å². The standard InChI is InChI=1S/C20H26N2O3/c1-5-15-11-18(23)21-19-22(15)12-17(25-19)13-24-16-9-7-14(8-10-16)20(3,4)6-2/h7-11,17H,5-6,12-13H2,1-4H3. The van der Waals surface area contributed by atoms with Crippen LogP contribution in [-0.4, -0.2) is 22.3 Å². The van der Waals surface area contributed by atoms with Crippen molar-refractivity contribution in [2.24, 2.45) is 0 Å². The molecule has 0 fully saturated rings. The molecule has 5 heteroatoms. The molecule has 0 spiro atoms. The Balaban J connectivity index is 1.63. The molecular formula is C20H26N2O3. The number of hydrogen-bond acceptors (Lipinski definition) is 4. The van der Waals surface area contributed by atoms with Gasteiger partial charge < -0.3 is 9.47 Å². The number of fused-ring (bicyclic) bond motifs is 1. The summed E-state index contributed by atoms with van der Waals surface area (Å²) in [5.74, 6) is 0.827. The predicted molar refractivity (Wildman–Crippen MR) is 97.5 cm³/mol. The monoisotopic (exact) mass is 342 g/mol. The lowest BCUT2D eigenvalue weighted by atomic mass is 9.82. The number of benzene rings is 1. The van der Waals surface area contributed by atoms with Gasteiger partial charge >= 0.3 is 0 Å². The fraction of sp³-hybridized carbons (Fsp3) is 0.500. The minimum absolute atomic E-state index is 0.133. The van der Waals surface area contributed by atoms with E-state index in [0.717, 1.165) is 24.3 Å². The molecule has 1 atom stereocenters. The van der Waals surface area contributed by atoms with Crippen molar-refractivity contribution in [2.45, 2.75) is 58.6 Å². The molecule has 3 rings (SSSR count). The third kappa shape index (κ3) is 3.70. The molecule has 1 aliphatic rings. The Kier molecular flexibility index (Phi) is 4.84. The van der Waals surface area contributed by atoms with Crippen molar-refractivity contribution in [3.8, 4) is 11.8 Å². The summed E-state index contributed by atoms with van der Waals surface area (Å²) in [6.45, 7) is 9.79. The molecule has 2 heterocycles. The van der Waals surface area contributed by atoms with Gasteiger partial charge in [0.1, 0.15) is 12.4 Å². The van der Waals surface area contributed by atoms with Crippen LogP contribution in [0.5, 0.6) is 11.8 Å². The first kappa shape index (κ1) is 17.5. The van der Waals surface area contributed by atoms with Gasteiger partial charge in [0.2, 0.25) is 0 Å². The van der Waals surface area contributed by atoms with Gasteiger partial charge in [0.15, 0.2) is 6.10 Å². The highest BCUT2D eigenvalue weighted by atomic mass is 16.6. The number of nitrogens with zero attached hydrogens (tertiary/aromatic N) is 2. The fourth-order valence-electron chi connectivity index (χ4n) is 2.98. The molecule has 1 aliphatic heterocycles. The SMILES string of the molecule is CCc1cc(=O)nc2n1CC(COc1ccc(C(C)(C)CC)cc1)O2. The van der Waals surface area contributed by atoms with Crippen LogP contribution in [0.15, 0.2) is 35.1 Å². The minimum Gasteiger partial charge on any atom is -0.490 e. The maximum Gasteiger partial charge on any atom is 0.300 e. The van der Waals surface area contributed by atoms with Crippen LogP contribution in [0.2, 0.25) is 0 Å². The number of rotatable bonds is 6. The Labute approximate surface area is 148 Å². The Morgan fingerprint density at radius 3 is 2.64 bits per heavy atom. The molecule has 5 nitrogen and oxygen atoms in total. The molecule has 0 aliphatic carbocycles. The van der Waals surface area contributed by atoms with Crippen molar-refractivity contribution < 1.29 is 9.47 Å². The topological polar surface area (TPSA) is 53.4 Å². The van der Waals surface area contributed by atoms with Crippen LogP contribution in [0.1, 0.15) is 45.4 Å². The van der Waals surface area contributed by atoms with E-state index in [-0.39, 0.29) is 17.1 Å². The van der Waals surface area contributed by atoms with Crippen LogP contribution < -0.4 is 15.0 Å². The smallest absolute Gasteiger partial charge is 0.300 e. The largest absolute Gasteiger partial charge is 0.490 e. The van der Waals surface area contributed by atoms with Gasteiger partial charge in [-0.05, 0) is 36.0 Å². The molecule has 0 saturated heterocycles. The zero-order chi connectivity index (χ0) is 18.0. The van der Waals surface area contributed by atoms with E-state index in [1.54, 1.807) is 6.07 Å². The van der Waals surface area contributed by atoms with E-state index in [1.165, 1.54) is 5.56 Å². The highest BCUT2D eigenvalue weighted by Gasteiger charge is 2.26. The minimum atomic E-state index is -0.251. The van der Waals surface area contributed by atoms with Gasteiger partial charge in [0.25, 0.3) is 11.6 Å². The van der Waals surface area contributed by atoms with Crippen molar-refractivity contribution >= 4 is 0 Å². The Bertz CT molecular complexity index is 794. The second kappa shape index (κ2) is 6.90. The van der Waals surface area contributed by atoms with Crippen molar-refractivity contribution in [3.63, 3.8) is 0 Å². The quantitative estimate of drug-likeness (QED) is 0.808. The van der Waals surface area contributed by atoms with Gasteiger partial charge in [-0.25, -0.2) is 0 Å².